The Hall–Kier alpha value is -1.95. The number of aryl methyl sites for hydroxylation is 1. The molecule has 2 aromatic rings. The normalized spacial score (nSPS) is 17.5. The van der Waals surface area contributed by atoms with E-state index >= 15 is 0 Å². The number of nitrogens with zero attached hydrogens (tertiary/aromatic N) is 3. The Morgan fingerprint density at radius 2 is 2.05 bits per heavy atom. The van der Waals surface area contributed by atoms with Crippen LogP contribution in [0.15, 0.2) is 41.1 Å². The highest BCUT2D eigenvalue weighted by Crippen LogP contribution is 2.19. The molecule has 1 fully saturated rings. The Kier molecular flexibility index (Phi) is 4.38. The molecule has 1 aliphatic rings. The first-order chi connectivity index (χ1) is 10.6. The van der Waals surface area contributed by atoms with Gasteiger partial charge in [0.2, 0.25) is 0 Å². The van der Waals surface area contributed by atoms with Gasteiger partial charge >= 0.3 is 6.01 Å². The molecule has 0 aliphatic carbocycles. The molecule has 22 heavy (non-hydrogen) atoms. The lowest BCUT2D eigenvalue weighted by atomic mass is 10.1. The number of aromatic nitrogens is 2. The van der Waals surface area contributed by atoms with Crippen LogP contribution in [-0.2, 0) is 0 Å². The number of halogens is 1. The first-order valence-electron chi connectivity index (χ1n) is 7.12. The zero-order chi connectivity index (χ0) is 15.5. The molecule has 1 aromatic carbocycles. The van der Waals surface area contributed by atoms with Crippen LogP contribution in [0.4, 0.5) is 0 Å². The summed E-state index contributed by atoms with van der Waals surface area (Å²) in [6.45, 7) is 3.20. The molecule has 6 heteroatoms. The van der Waals surface area contributed by atoms with Crippen molar-refractivity contribution in [2.24, 2.45) is 0 Å². The average Bonchev–Trinajstić information content (AvgIpc) is 2.98. The van der Waals surface area contributed by atoms with Gasteiger partial charge in [0.1, 0.15) is 6.10 Å². The number of amides is 1. The molecular formula is C16H16BrN3O2. The zero-order valence-electron chi connectivity index (χ0n) is 12.2. The number of likely N-dealkylation sites (tertiary alicyclic amines) is 1. The van der Waals surface area contributed by atoms with Gasteiger partial charge in [-0.2, -0.15) is 0 Å². The Bertz CT molecular complexity index is 675. The van der Waals surface area contributed by atoms with E-state index in [1.54, 1.807) is 12.4 Å². The predicted molar refractivity (Wildman–Crippen MR) is 85.8 cm³/mol. The second kappa shape index (κ2) is 6.44. The van der Waals surface area contributed by atoms with Crippen molar-refractivity contribution in [3.8, 4) is 6.01 Å². The van der Waals surface area contributed by atoms with Gasteiger partial charge in [0, 0.05) is 30.9 Å². The third-order valence-corrected chi connectivity index (χ3v) is 4.09. The van der Waals surface area contributed by atoms with E-state index in [9.17, 15) is 4.79 Å². The maximum absolute atomic E-state index is 12.5. The van der Waals surface area contributed by atoms with Gasteiger partial charge in [-0.1, -0.05) is 18.2 Å². The number of carbonyl (C=O) groups excluding carboxylic acids is 1. The van der Waals surface area contributed by atoms with Gasteiger partial charge in [-0.05, 0) is 34.5 Å². The SMILES string of the molecule is Cc1ccccc1C(=O)N1CCC(Oc2ncc(Br)cn2)C1. The summed E-state index contributed by atoms with van der Waals surface area (Å²) in [4.78, 5) is 22.6. The summed E-state index contributed by atoms with van der Waals surface area (Å²) >= 11 is 3.29. The van der Waals surface area contributed by atoms with Gasteiger partial charge in [-0.25, -0.2) is 9.97 Å². The quantitative estimate of drug-likeness (QED) is 0.843. The van der Waals surface area contributed by atoms with Crippen molar-refractivity contribution in [1.82, 2.24) is 14.9 Å². The minimum absolute atomic E-state index is 0.0564. The van der Waals surface area contributed by atoms with E-state index in [0.29, 0.717) is 19.1 Å². The van der Waals surface area contributed by atoms with E-state index in [0.717, 1.165) is 22.0 Å². The van der Waals surface area contributed by atoms with E-state index in [1.165, 1.54) is 0 Å². The number of rotatable bonds is 3. The van der Waals surface area contributed by atoms with Crippen molar-refractivity contribution in [2.45, 2.75) is 19.4 Å². The third-order valence-electron chi connectivity index (χ3n) is 3.68. The summed E-state index contributed by atoms with van der Waals surface area (Å²) in [5, 5.41) is 0. The highest BCUT2D eigenvalue weighted by atomic mass is 79.9. The van der Waals surface area contributed by atoms with Gasteiger partial charge in [-0.15, -0.1) is 0 Å². The van der Waals surface area contributed by atoms with Crippen LogP contribution in [-0.4, -0.2) is 40.0 Å². The molecule has 1 aliphatic heterocycles. The molecule has 1 amide bonds. The first kappa shape index (κ1) is 15.0. The monoisotopic (exact) mass is 361 g/mol. The maximum atomic E-state index is 12.5. The summed E-state index contributed by atoms with van der Waals surface area (Å²) in [5.41, 5.74) is 1.75. The van der Waals surface area contributed by atoms with Gasteiger partial charge in [0.05, 0.1) is 11.0 Å². The molecule has 3 rings (SSSR count). The molecule has 0 radical (unpaired) electrons. The van der Waals surface area contributed by atoms with Gasteiger partial charge in [0.25, 0.3) is 5.91 Å². The van der Waals surface area contributed by atoms with Crippen molar-refractivity contribution in [2.75, 3.05) is 13.1 Å². The van der Waals surface area contributed by atoms with Crippen LogP contribution in [0.2, 0.25) is 0 Å². The molecule has 0 saturated carbocycles. The van der Waals surface area contributed by atoms with E-state index < -0.39 is 0 Å². The van der Waals surface area contributed by atoms with Crippen LogP contribution in [0.25, 0.3) is 0 Å². The zero-order valence-corrected chi connectivity index (χ0v) is 13.8. The largest absolute Gasteiger partial charge is 0.458 e. The molecule has 5 nitrogen and oxygen atoms in total. The fourth-order valence-corrected chi connectivity index (χ4v) is 2.71. The van der Waals surface area contributed by atoms with Crippen molar-refractivity contribution in [1.29, 1.82) is 0 Å². The number of benzene rings is 1. The molecular weight excluding hydrogens is 346 g/mol. The Balaban J connectivity index is 1.63. The fourth-order valence-electron chi connectivity index (χ4n) is 2.50. The van der Waals surface area contributed by atoms with Crippen molar-refractivity contribution in [3.05, 3.63) is 52.3 Å². The minimum Gasteiger partial charge on any atom is -0.458 e. The maximum Gasteiger partial charge on any atom is 0.316 e. The molecule has 0 spiro atoms. The number of hydrogen-bond acceptors (Lipinski definition) is 4. The van der Waals surface area contributed by atoms with Crippen LogP contribution in [0, 0.1) is 6.92 Å². The highest BCUT2D eigenvalue weighted by Gasteiger charge is 2.29. The molecule has 114 valence electrons. The van der Waals surface area contributed by atoms with Crippen LogP contribution < -0.4 is 4.74 Å². The summed E-state index contributed by atoms with van der Waals surface area (Å²) in [6, 6.07) is 7.99. The molecule has 1 atom stereocenters. The van der Waals surface area contributed by atoms with Gasteiger partial charge < -0.3 is 9.64 Å². The predicted octanol–water partition coefficient (Wildman–Crippen LogP) is 2.84. The van der Waals surface area contributed by atoms with Crippen LogP contribution in [0.5, 0.6) is 6.01 Å². The lowest BCUT2D eigenvalue weighted by molar-refractivity contribution is 0.0769. The standard InChI is InChI=1S/C16H16BrN3O2/c1-11-4-2-3-5-14(11)15(21)20-7-6-13(10-20)22-16-18-8-12(17)9-19-16/h2-5,8-9,13H,6-7,10H2,1H3. The van der Waals surface area contributed by atoms with E-state index in [1.807, 2.05) is 36.1 Å². The minimum atomic E-state index is -0.0610. The van der Waals surface area contributed by atoms with Gasteiger partial charge in [0.15, 0.2) is 0 Å². The van der Waals surface area contributed by atoms with Crippen LogP contribution >= 0.6 is 15.9 Å². The summed E-state index contributed by atoms with van der Waals surface area (Å²) in [7, 11) is 0. The number of hydrogen-bond donors (Lipinski definition) is 0. The number of carbonyl (C=O) groups is 1. The van der Waals surface area contributed by atoms with E-state index in [-0.39, 0.29) is 12.0 Å². The Morgan fingerprint density at radius 3 is 2.77 bits per heavy atom. The molecule has 1 saturated heterocycles. The fraction of sp³-hybridized carbons (Fsp3) is 0.312. The molecule has 0 bridgehead atoms. The molecule has 2 heterocycles. The number of ether oxygens (including phenoxy) is 1. The van der Waals surface area contributed by atoms with E-state index in [2.05, 4.69) is 25.9 Å². The third kappa shape index (κ3) is 3.27. The highest BCUT2D eigenvalue weighted by molar-refractivity contribution is 9.10. The lowest BCUT2D eigenvalue weighted by Crippen LogP contribution is -2.31. The summed E-state index contributed by atoms with van der Waals surface area (Å²) in [6.07, 6.45) is 4.02. The average molecular weight is 362 g/mol. The van der Waals surface area contributed by atoms with Gasteiger partial charge in [-0.3, -0.25) is 4.79 Å². The van der Waals surface area contributed by atoms with Crippen LogP contribution in [0.1, 0.15) is 22.3 Å². The molecule has 0 N–H and O–H groups in total. The topological polar surface area (TPSA) is 55.3 Å². The Labute approximate surface area is 137 Å². The Morgan fingerprint density at radius 1 is 1.32 bits per heavy atom. The van der Waals surface area contributed by atoms with E-state index in [4.69, 9.17) is 4.74 Å². The molecule has 1 aromatic heterocycles. The van der Waals surface area contributed by atoms with Crippen molar-refractivity contribution in [3.63, 3.8) is 0 Å². The van der Waals surface area contributed by atoms with Crippen molar-refractivity contribution < 1.29 is 9.53 Å². The lowest BCUT2D eigenvalue weighted by Gasteiger charge is -2.17. The molecule has 1 unspecified atom stereocenters. The van der Waals surface area contributed by atoms with Crippen molar-refractivity contribution >= 4 is 21.8 Å². The second-order valence-electron chi connectivity index (χ2n) is 5.28. The summed E-state index contributed by atoms with van der Waals surface area (Å²) < 4.78 is 6.55. The summed E-state index contributed by atoms with van der Waals surface area (Å²) in [5.74, 6) is 0.0564. The smallest absolute Gasteiger partial charge is 0.316 e. The first-order valence-corrected chi connectivity index (χ1v) is 7.92. The van der Waals surface area contributed by atoms with Crippen LogP contribution in [0.3, 0.4) is 0 Å². The second-order valence-corrected chi connectivity index (χ2v) is 6.19.